The fourth-order valence-electron chi connectivity index (χ4n) is 2.98. The molecular formula is C18H20N8. The van der Waals surface area contributed by atoms with Gasteiger partial charge in [0, 0.05) is 13.2 Å². The minimum Gasteiger partial charge on any atom is -0.337 e. The second-order valence-corrected chi connectivity index (χ2v) is 6.21. The Labute approximate surface area is 150 Å². The molecular weight excluding hydrogens is 328 g/mol. The molecule has 0 aliphatic heterocycles. The van der Waals surface area contributed by atoms with E-state index in [4.69, 9.17) is 0 Å². The van der Waals surface area contributed by atoms with Crippen LogP contribution >= 0.6 is 0 Å². The number of nitrogens with one attached hydrogen (secondary N) is 1. The first-order chi connectivity index (χ1) is 12.7. The largest absolute Gasteiger partial charge is 0.337 e. The van der Waals surface area contributed by atoms with E-state index >= 15 is 0 Å². The van der Waals surface area contributed by atoms with E-state index in [0.29, 0.717) is 0 Å². The smallest absolute Gasteiger partial charge is 0.163 e. The molecule has 0 aromatic carbocycles. The zero-order chi connectivity index (χ0) is 18.1. The molecule has 0 atom stereocenters. The van der Waals surface area contributed by atoms with E-state index in [9.17, 15) is 0 Å². The molecule has 4 rings (SSSR count). The third kappa shape index (κ3) is 2.79. The van der Waals surface area contributed by atoms with E-state index < -0.39 is 0 Å². The van der Waals surface area contributed by atoms with Crippen LogP contribution in [0.3, 0.4) is 0 Å². The third-order valence-electron chi connectivity index (χ3n) is 4.26. The Hall–Kier alpha value is -3.29. The highest BCUT2D eigenvalue weighted by Crippen LogP contribution is 2.26. The zero-order valence-electron chi connectivity index (χ0n) is 15.0. The Bertz CT molecular complexity index is 1060. The monoisotopic (exact) mass is 348 g/mol. The molecule has 0 aliphatic rings. The van der Waals surface area contributed by atoms with Crippen molar-refractivity contribution in [1.29, 1.82) is 0 Å². The summed E-state index contributed by atoms with van der Waals surface area (Å²) in [4.78, 5) is 13.1. The van der Waals surface area contributed by atoms with Gasteiger partial charge in [0.15, 0.2) is 11.5 Å². The topological polar surface area (TPSA) is 86.3 Å². The number of hydrogen-bond donors (Lipinski definition) is 1. The highest BCUT2D eigenvalue weighted by atomic mass is 15.3. The van der Waals surface area contributed by atoms with Gasteiger partial charge in [0.1, 0.15) is 12.1 Å². The second-order valence-electron chi connectivity index (χ2n) is 6.21. The fraction of sp³-hybridized carbons (Fsp3) is 0.278. The molecule has 0 fully saturated rings. The molecule has 0 saturated carbocycles. The number of aromatic nitrogens is 7. The van der Waals surface area contributed by atoms with E-state index in [-0.39, 0.29) is 0 Å². The van der Waals surface area contributed by atoms with Gasteiger partial charge < -0.3 is 5.32 Å². The lowest BCUT2D eigenvalue weighted by atomic mass is 10.2. The Morgan fingerprint density at radius 3 is 2.81 bits per heavy atom. The molecule has 8 nitrogen and oxygen atoms in total. The number of anilines is 2. The highest BCUT2D eigenvalue weighted by molar-refractivity contribution is 5.88. The number of pyridine rings is 1. The minimum absolute atomic E-state index is 0.720. The molecule has 4 aromatic rings. The third-order valence-corrected chi connectivity index (χ3v) is 4.26. The van der Waals surface area contributed by atoms with E-state index in [1.165, 1.54) is 0 Å². The molecule has 4 heterocycles. The summed E-state index contributed by atoms with van der Waals surface area (Å²) in [5.41, 5.74) is 3.92. The number of rotatable bonds is 5. The van der Waals surface area contributed by atoms with Crippen LogP contribution in [0.25, 0.3) is 16.9 Å². The number of fused-ring (bicyclic) bond motifs is 1. The molecule has 0 bridgehead atoms. The predicted molar refractivity (Wildman–Crippen MR) is 99.7 cm³/mol. The fourth-order valence-corrected chi connectivity index (χ4v) is 2.98. The van der Waals surface area contributed by atoms with Gasteiger partial charge in [0.05, 0.1) is 29.2 Å². The molecule has 0 spiro atoms. The van der Waals surface area contributed by atoms with Crippen molar-refractivity contribution < 1.29 is 0 Å². The van der Waals surface area contributed by atoms with Crippen LogP contribution in [0.4, 0.5) is 11.5 Å². The van der Waals surface area contributed by atoms with Crippen molar-refractivity contribution >= 4 is 22.5 Å². The quantitative estimate of drug-likeness (QED) is 0.597. The van der Waals surface area contributed by atoms with E-state index in [2.05, 4.69) is 37.4 Å². The zero-order valence-corrected chi connectivity index (χ0v) is 15.0. The Kier molecular flexibility index (Phi) is 4.08. The molecule has 0 radical (unpaired) electrons. The first-order valence-electron chi connectivity index (χ1n) is 8.57. The number of aryl methyl sites for hydroxylation is 2. The summed E-state index contributed by atoms with van der Waals surface area (Å²) < 4.78 is 3.62. The number of nitrogens with zero attached hydrogens (tertiary/aromatic N) is 7. The van der Waals surface area contributed by atoms with Crippen molar-refractivity contribution in [1.82, 2.24) is 34.5 Å². The molecule has 0 amide bonds. The van der Waals surface area contributed by atoms with Crippen molar-refractivity contribution in [3.8, 4) is 5.82 Å². The van der Waals surface area contributed by atoms with E-state index in [1.54, 1.807) is 23.4 Å². The van der Waals surface area contributed by atoms with E-state index in [0.717, 1.165) is 52.5 Å². The molecule has 4 aromatic heterocycles. The van der Waals surface area contributed by atoms with Gasteiger partial charge in [0.2, 0.25) is 0 Å². The van der Waals surface area contributed by atoms with Crippen molar-refractivity contribution in [2.45, 2.75) is 26.7 Å². The molecule has 8 heteroatoms. The maximum atomic E-state index is 4.55. The summed E-state index contributed by atoms with van der Waals surface area (Å²) in [6, 6.07) is 4.01. The van der Waals surface area contributed by atoms with Crippen LogP contribution in [0.2, 0.25) is 0 Å². The van der Waals surface area contributed by atoms with Crippen LogP contribution in [0, 0.1) is 6.92 Å². The minimum atomic E-state index is 0.720. The van der Waals surface area contributed by atoms with Crippen LogP contribution in [0.5, 0.6) is 0 Å². The predicted octanol–water partition coefficient (Wildman–Crippen LogP) is 2.95. The SMILES string of the molecule is CCCc1c(Nc2ncnc3c2cnn3C)cnn1-c1cc(C)ccn1. The maximum Gasteiger partial charge on any atom is 0.163 e. The van der Waals surface area contributed by atoms with Gasteiger partial charge in [-0.3, -0.25) is 4.68 Å². The Balaban J connectivity index is 1.77. The van der Waals surface area contributed by atoms with Crippen LogP contribution in [0.1, 0.15) is 24.6 Å². The van der Waals surface area contributed by atoms with Crippen LogP contribution in [0.15, 0.2) is 37.1 Å². The van der Waals surface area contributed by atoms with Gasteiger partial charge in [-0.2, -0.15) is 10.2 Å². The molecule has 0 saturated heterocycles. The lowest BCUT2D eigenvalue weighted by molar-refractivity contribution is 0.758. The summed E-state index contributed by atoms with van der Waals surface area (Å²) in [6.07, 6.45) is 8.80. The van der Waals surface area contributed by atoms with E-state index in [1.807, 2.05) is 37.0 Å². The van der Waals surface area contributed by atoms with Crippen LogP contribution in [-0.4, -0.2) is 34.5 Å². The van der Waals surface area contributed by atoms with Gasteiger partial charge in [-0.1, -0.05) is 13.3 Å². The van der Waals surface area contributed by atoms with Crippen LogP contribution < -0.4 is 5.32 Å². The lowest BCUT2D eigenvalue weighted by Gasteiger charge is -2.10. The second kappa shape index (κ2) is 6.55. The van der Waals surface area contributed by atoms with Crippen molar-refractivity contribution in [2.75, 3.05) is 5.32 Å². The maximum absolute atomic E-state index is 4.55. The van der Waals surface area contributed by atoms with Gasteiger partial charge in [-0.05, 0) is 31.0 Å². The van der Waals surface area contributed by atoms with Crippen molar-refractivity contribution in [3.63, 3.8) is 0 Å². The van der Waals surface area contributed by atoms with Crippen molar-refractivity contribution in [3.05, 3.63) is 48.3 Å². The number of hydrogen-bond acceptors (Lipinski definition) is 6. The molecule has 26 heavy (non-hydrogen) atoms. The standard InChI is InChI=1S/C18H20N8/c1-4-5-15-14(10-23-26(15)16-8-12(2)6-7-19-16)24-17-13-9-22-25(3)18(13)21-11-20-17/h6-11H,4-5H2,1-3H3,(H,20,21,24). The summed E-state index contributed by atoms with van der Waals surface area (Å²) in [5.74, 6) is 1.54. The lowest BCUT2D eigenvalue weighted by Crippen LogP contribution is -2.06. The Morgan fingerprint density at radius 2 is 2.00 bits per heavy atom. The summed E-state index contributed by atoms with van der Waals surface area (Å²) in [5, 5.41) is 13.1. The first kappa shape index (κ1) is 16.2. The summed E-state index contributed by atoms with van der Waals surface area (Å²) in [6.45, 7) is 4.20. The van der Waals surface area contributed by atoms with Gasteiger partial charge in [0.25, 0.3) is 0 Å². The Morgan fingerprint density at radius 1 is 1.12 bits per heavy atom. The highest BCUT2D eigenvalue weighted by Gasteiger charge is 2.15. The summed E-state index contributed by atoms with van der Waals surface area (Å²) >= 11 is 0. The first-order valence-corrected chi connectivity index (χ1v) is 8.57. The van der Waals surface area contributed by atoms with Gasteiger partial charge >= 0.3 is 0 Å². The molecule has 1 N–H and O–H groups in total. The van der Waals surface area contributed by atoms with Gasteiger partial charge in [-0.15, -0.1) is 0 Å². The summed E-state index contributed by atoms with van der Waals surface area (Å²) in [7, 11) is 1.86. The normalized spacial score (nSPS) is 11.2. The van der Waals surface area contributed by atoms with Crippen molar-refractivity contribution in [2.24, 2.45) is 7.05 Å². The molecule has 0 aliphatic carbocycles. The van der Waals surface area contributed by atoms with Crippen LogP contribution in [-0.2, 0) is 13.5 Å². The van der Waals surface area contributed by atoms with Gasteiger partial charge in [-0.25, -0.2) is 19.6 Å². The average Bonchev–Trinajstić information content (AvgIpc) is 3.21. The average molecular weight is 348 g/mol. The molecule has 0 unspecified atom stereocenters. The molecule has 132 valence electrons.